The molecule has 1 aliphatic heterocycles. The zero-order chi connectivity index (χ0) is 25.4. The van der Waals surface area contributed by atoms with Gasteiger partial charge in [-0.1, -0.05) is 69.3 Å². The van der Waals surface area contributed by atoms with Gasteiger partial charge in [-0.15, -0.1) is 0 Å². The van der Waals surface area contributed by atoms with E-state index in [-0.39, 0.29) is 31.5 Å². The molecule has 0 aromatic heterocycles. The molecule has 186 valence electrons. The number of likely N-dealkylation sites (tertiary alicyclic amines) is 1. The fourth-order valence-corrected chi connectivity index (χ4v) is 4.83. The van der Waals surface area contributed by atoms with Gasteiger partial charge < -0.3 is 24.8 Å². The fourth-order valence-electron chi connectivity index (χ4n) is 4.83. The number of aliphatic carboxylic acids is 1. The standard InChI is InChI=1S/C27H32N2O6/c1-26(2,3)23(24(32)29-15-27(4,16-29)35-14-22(30)31)28-25(33)34-13-21-19-11-7-5-9-17(19)18-10-6-8-12-20(18)21/h5-12,21,23H,13-16H2,1-4H3,(H,28,33)(H,30,31). The predicted molar refractivity (Wildman–Crippen MR) is 130 cm³/mol. The number of hydrogen-bond donors (Lipinski definition) is 2. The van der Waals surface area contributed by atoms with Gasteiger partial charge in [-0.25, -0.2) is 9.59 Å². The molecule has 0 bridgehead atoms. The van der Waals surface area contributed by atoms with Gasteiger partial charge in [0.05, 0.1) is 13.1 Å². The first-order chi connectivity index (χ1) is 16.5. The van der Waals surface area contributed by atoms with Crippen molar-refractivity contribution in [2.24, 2.45) is 5.41 Å². The molecule has 4 rings (SSSR count). The van der Waals surface area contributed by atoms with Crippen molar-refractivity contribution in [1.82, 2.24) is 10.2 Å². The zero-order valence-electron chi connectivity index (χ0n) is 20.5. The molecular weight excluding hydrogens is 448 g/mol. The minimum atomic E-state index is -1.06. The van der Waals surface area contributed by atoms with Crippen LogP contribution in [0.15, 0.2) is 48.5 Å². The number of ether oxygens (including phenoxy) is 2. The quantitative estimate of drug-likeness (QED) is 0.627. The van der Waals surface area contributed by atoms with E-state index in [0.717, 1.165) is 22.3 Å². The van der Waals surface area contributed by atoms with Gasteiger partial charge in [0.15, 0.2) is 0 Å². The van der Waals surface area contributed by atoms with E-state index in [0.29, 0.717) is 0 Å². The number of hydrogen-bond acceptors (Lipinski definition) is 5. The van der Waals surface area contributed by atoms with Gasteiger partial charge >= 0.3 is 12.1 Å². The lowest BCUT2D eigenvalue weighted by molar-refractivity contribution is -0.175. The number of nitrogens with zero attached hydrogens (tertiary/aromatic N) is 1. The fraction of sp³-hybridized carbons (Fsp3) is 0.444. The Balaban J connectivity index is 1.39. The topological polar surface area (TPSA) is 105 Å². The molecule has 1 saturated heterocycles. The summed E-state index contributed by atoms with van der Waals surface area (Å²) in [6, 6.07) is 15.4. The lowest BCUT2D eigenvalue weighted by Crippen LogP contribution is -2.67. The van der Waals surface area contributed by atoms with Crippen LogP contribution >= 0.6 is 0 Å². The Morgan fingerprint density at radius 1 is 1.06 bits per heavy atom. The van der Waals surface area contributed by atoms with Crippen molar-refractivity contribution < 1.29 is 29.0 Å². The maximum absolute atomic E-state index is 13.2. The molecule has 8 nitrogen and oxygen atoms in total. The Hall–Kier alpha value is -3.39. The Kier molecular flexibility index (Phi) is 6.60. The van der Waals surface area contributed by atoms with Crippen LogP contribution in [-0.4, -0.2) is 65.9 Å². The molecule has 2 aromatic carbocycles. The van der Waals surface area contributed by atoms with Crippen LogP contribution in [0.4, 0.5) is 4.79 Å². The van der Waals surface area contributed by atoms with Gasteiger partial charge in [0.1, 0.15) is 24.9 Å². The number of alkyl carbamates (subject to hydrolysis) is 1. The molecule has 8 heteroatoms. The van der Waals surface area contributed by atoms with E-state index in [9.17, 15) is 14.4 Å². The summed E-state index contributed by atoms with van der Waals surface area (Å²) in [5.41, 5.74) is 3.26. The average molecular weight is 481 g/mol. The number of rotatable bonds is 7. The van der Waals surface area contributed by atoms with Crippen LogP contribution in [0, 0.1) is 5.41 Å². The minimum absolute atomic E-state index is 0.0700. The van der Waals surface area contributed by atoms with Gasteiger partial charge in [-0.05, 0) is 34.6 Å². The SMILES string of the molecule is CC1(OCC(=O)O)CN(C(=O)C(NC(=O)OCC2c3ccccc3-c3ccccc32)C(C)(C)C)C1. The lowest BCUT2D eigenvalue weighted by Gasteiger charge is -2.49. The van der Waals surface area contributed by atoms with Crippen molar-refractivity contribution in [2.45, 2.75) is 45.3 Å². The van der Waals surface area contributed by atoms with E-state index >= 15 is 0 Å². The number of carbonyl (C=O) groups excluding carboxylic acids is 2. The first kappa shape index (κ1) is 24.7. The molecule has 0 radical (unpaired) electrons. The Labute approximate surface area is 205 Å². The molecule has 2 aliphatic rings. The monoisotopic (exact) mass is 480 g/mol. The molecular formula is C27H32N2O6. The van der Waals surface area contributed by atoms with Crippen molar-refractivity contribution >= 4 is 18.0 Å². The highest BCUT2D eigenvalue weighted by Crippen LogP contribution is 2.44. The third-order valence-electron chi connectivity index (χ3n) is 6.63. The van der Waals surface area contributed by atoms with E-state index in [1.165, 1.54) is 0 Å². The number of carboxylic acids is 1. The molecule has 2 aromatic rings. The normalized spacial score (nSPS) is 17.1. The number of nitrogens with one attached hydrogen (secondary N) is 1. The average Bonchev–Trinajstić information content (AvgIpc) is 3.10. The van der Waals surface area contributed by atoms with Crippen LogP contribution < -0.4 is 5.32 Å². The second-order valence-corrected chi connectivity index (χ2v) is 10.6. The van der Waals surface area contributed by atoms with Crippen LogP contribution in [-0.2, 0) is 19.1 Å². The third-order valence-corrected chi connectivity index (χ3v) is 6.63. The van der Waals surface area contributed by atoms with Crippen molar-refractivity contribution in [3.63, 3.8) is 0 Å². The molecule has 1 heterocycles. The van der Waals surface area contributed by atoms with E-state index < -0.39 is 35.7 Å². The Morgan fingerprint density at radius 3 is 2.11 bits per heavy atom. The highest BCUT2D eigenvalue weighted by molar-refractivity contribution is 5.87. The van der Waals surface area contributed by atoms with E-state index in [1.807, 2.05) is 45.0 Å². The molecule has 1 aliphatic carbocycles. The summed E-state index contributed by atoms with van der Waals surface area (Å²) < 4.78 is 11.0. The predicted octanol–water partition coefficient (Wildman–Crippen LogP) is 3.64. The summed E-state index contributed by atoms with van der Waals surface area (Å²) in [5.74, 6) is -1.37. The summed E-state index contributed by atoms with van der Waals surface area (Å²) in [6.45, 7) is 7.66. The Bertz CT molecular complexity index is 1090. The third kappa shape index (κ3) is 5.17. The van der Waals surface area contributed by atoms with Crippen LogP contribution in [0.25, 0.3) is 11.1 Å². The molecule has 1 unspecified atom stereocenters. The number of carbonyl (C=O) groups is 3. The molecule has 2 amide bonds. The van der Waals surface area contributed by atoms with Crippen LogP contribution in [0.2, 0.25) is 0 Å². The second-order valence-electron chi connectivity index (χ2n) is 10.6. The van der Waals surface area contributed by atoms with Crippen molar-refractivity contribution in [3.05, 3.63) is 59.7 Å². The van der Waals surface area contributed by atoms with Gasteiger partial charge in [-0.2, -0.15) is 0 Å². The number of benzene rings is 2. The Morgan fingerprint density at radius 2 is 1.60 bits per heavy atom. The van der Waals surface area contributed by atoms with E-state index in [1.54, 1.807) is 11.8 Å². The maximum Gasteiger partial charge on any atom is 0.407 e. The van der Waals surface area contributed by atoms with Crippen LogP contribution in [0.3, 0.4) is 0 Å². The summed E-state index contributed by atoms with van der Waals surface area (Å²) >= 11 is 0. The number of amides is 2. The largest absolute Gasteiger partial charge is 0.480 e. The van der Waals surface area contributed by atoms with E-state index in [2.05, 4.69) is 29.6 Å². The molecule has 1 fully saturated rings. The van der Waals surface area contributed by atoms with Gasteiger partial charge in [-0.3, -0.25) is 4.79 Å². The summed E-state index contributed by atoms with van der Waals surface area (Å²) in [5, 5.41) is 11.6. The molecule has 2 N–H and O–H groups in total. The maximum atomic E-state index is 13.2. The van der Waals surface area contributed by atoms with Crippen molar-refractivity contribution in [3.8, 4) is 11.1 Å². The highest BCUT2D eigenvalue weighted by atomic mass is 16.5. The van der Waals surface area contributed by atoms with Crippen LogP contribution in [0.5, 0.6) is 0 Å². The second kappa shape index (κ2) is 9.34. The first-order valence-corrected chi connectivity index (χ1v) is 11.7. The smallest absolute Gasteiger partial charge is 0.407 e. The number of fused-ring (bicyclic) bond motifs is 3. The molecule has 1 atom stereocenters. The van der Waals surface area contributed by atoms with Gasteiger partial charge in [0.25, 0.3) is 0 Å². The summed E-state index contributed by atoms with van der Waals surface area (Å²) in [7, 11) is 0. The lowest BCUT2D eigenvalue weighted by atomic mass is 9.84. The molecule has 0 saturated carbocycles. The summed E-state index contributed by atoms with van der Waals surface area (Å²) in [4.78, 5) is 38.4. The van der Waals surface area contributed by atoms with Crippen molar-refractivity contribution in [2.75, 3.05) is 26.3 Å². The van der Waals surface area contributed by atoms with Crippen molar-refractivity contribution in [1.29, 1.82) is 0 Å². The van der Waals surface area contributed by atoms with Gasteiger partial charge in [0, 0.05) is 5.92 Å². The zero-order valence-corrected chi connectivity index (χ0v) is 20.5. The minimum Gasteiger partial charge on any atom is -0.480 e. The summed E-state index contributed by atoms with van der Waals surface area (Å²) in [6.07, 6.45) is -0.648. The molecule has 35 heavy (non-hydrogen) atoms. The first-order valence-electron chi connectivity index (χ1n) is 11.7. The van der Waals surface area contributed by atoms with Gasteiger partial charge in [0.2, 0.25) is 5.91 Å². The highest BCUT2D eigenvalue weighted by Gasteiger charge is 2.47. The van der Waals surface area contributed by atoms with Crippen LogP contribution in [0.1, 0.15) is 44.7 Å². The number of carboxylic acid groups (broad SMARTS) is 1. The van der Waals surface area contributed by atoms with E-state index in [4.69, 9.17) is 14.6 Å². The molecule has 0 spiro atoms.